The number of nitrogens with one attached hydrogen (secondary N) is 2. The number of piperazine rings is 1. The highest BCUT2D eigenvalue weighted by atomic mass is 32.1. The molecule has 0 unspecified atom stereocenters. The van der Waals surface area contributed by atoms with Gasteiger partial charge in [0.2, 0.25) is 0 Å². The summed E-state index contributed by atoms with van der Waals surface area (Å²) in [6.45, 7) is 8.68. The number of anilines is 2. The average molecular weight is 585 g/mol. The molecule has 1 aliphatic carbocycles. The van der Waals surface area contributed by atoms with Gasteiger partial charge in [-0.25, -0.2) is 14.5 Å². The zero-order valence-corrected chi connectivity index (χ0v) is 24.9. The molecule has 0 bridgehead atoms. The second-order valence-electron chi connectivity index (χ2n) is 11.2. The van der Waals surface area contributed by atoms with Crippen LogP contribution in [0.15, 0.2) is 42.6 Å². The molecule has 218 valence electrons. The maximum atomic E-state index is 11.9. The largest absolute Gasteiger partial charge is 0.453 e. The number of carbonyl (C=O) groups is 1. The van der Waals surface area contributed by atoms with Gasteiger partial charge >= 0.3 is 6.09 Å². The van der Waals surface area contributed by atoms with Crippen LogP contribution in [0.1, 0.15) is 29.8 Å². The lowest BCUT2D eigenvalue weighted by molar-refractivity contribution is 0.150. The Balaban J connectivity index is 1.19. The third-order valence-corrected chi connectivity index (χ3v) is 9.70. The normalized spacial score (nSPS) is 17.5. The lowest BCUT2D eigenvalue weighted by Crippen LogP contribution is -2.52. The summed E-state index contributed by atoms with van der Waals surface area (Å²) in [5.74, 6) is 0. The van der Waals surface area contributed by atoms with E-state index in [1.165, 1.54) is 42.5 Å². The molecule has 3 aromatic heterocycles. The standard InChI is InChI=1S/C31H36N8O2S/c1-20-3-4-21(19-33-20)27-25-9-10-26-29(42-30(34-26)35-31(40)41-2)28(25)39(36-27)24-7-5-22(6-8-24)37-15-11-23(12-16-37)38-17-13-32-14-18-38/h3-8,19,23,32H,9-18H2,1-2H3,(H,34,35,40). The monoisotopic (exact) mass is 584 g/mol. The summed E-state index contributed by atoms with van der Waals surface area (Å²) in [6.07, 6.45) is 5.39. The fourth-order valence-corrected chi connectivity index (χ4v) is 7.49. The minimum absolute atomic E-state index is 0.520. The van der Waals surface area contributed by atoms with E-state index in [2.05, 4.69) is 55.7 Å². The number of aromatic nitrogens is 4. The van der Waals surface area contributed by atoms with E-state index in [0.29, 0.717) is 11.2 Å². The number of benzene rings is 1. The van der Waals surface area contributed by atoms with E-state index in [9.17, 15) is 4.79 Å². The molecule has 2 fully saturated rings. The Labute approximate surface area is 249 Å². The summed E-state index contributed by atoms with van der Waals surface area (Å²) in [4.78, 5) is 27.4. The van der Waals surface area contributed by atoms with Crippen molar-refractivity contribution in [1.29, 1.82) is 0 Å². The zero-order chi connectivity index (χ0) is 28.6. The van der Waals surface area contributed by atoms with Gasteiger partial charge in [-0.15, -0.1) is 0 Å². The number of piperidine rings is 1. The van der Waals surface area contributed by atoms with Crippen LogP contribution in [0.2, 0.25) is 0 Å². The van der Waals surface area contributed by atoms with Crippen molar-refractivity contribution in [3.05, 3.63) is 59.5 Å². The summed E-state index contributed by atoms with van der Waals surface area (Å²) in [5.41, 5.74) is 8.36. The number of amides is 1. The van der Waals surface area contributed by atoms with Crippen LogP contribution in [0.4, 0.5) is 15.6 Å². The van der Waals surface area contributed by atoms with Gasteiger partial charge in [0.15, 0.2) is 5.13 Å². The lowest BCUT2D eigenvalue weighted by Gasteiger charge is -2.41. The molecule has 0 atom stereocenters. The maximum absolute atomic E-state index is 11.9. The smallest absolute Gasteiger partial charge is 0.413 e. The van der Waals surface area contributed by atoms with Crippen molar-refractivity contribution >= 4 is 28.2 Å². The van der Waals surface area contributed by atoms with E-state index in [0.717, 1.165) is 91.0 Å². The zero-order valence-electron chi connectivity index (χ0n) is 24.1. The lowest BCUT2D eigenvalue weighted by atomic mass is 9.95. The molecule has 2 aliphatic heterocycles. The quantitative estimate of drug-likeness (QED) is 0.353. The summed E-state index contributed by atoms with van der Waals surface area (Å²) in [5, 5.41) is 11.9. The van der Waals surface area contributed by atoms with E-state index >= 15 is 0 Å². The van der Waals surface area contributed by atoms with Gasteiger partial charge in [-0.1, -0.05) is 11.3 Å². The Bertz CT molecular complexity index is 1570. The minimum atomic E-state index is -0.520. The molecule has 0 radical (unpaired) electrons. The van der Waals surface area contributed by atoms with Gasteiger partial charge in [-0.05, 0) is 69.0 Å². The molecule has 0 saturated carbocycles. The topological polar surface area (TPSA) is 100 Å². The SMILES string of the molecule is COC(=O)Nc1nc2c(s1)-c1c(c(-c3ccc(C)nc3)nn1-c1ccc(N3CCC(N4CCNCC4)CC3)cc1)CC2. The van der Waals surface area contributed by atoms with Crippen LogP contribution in [-0.2, 0) is 17.6 Å². The van der Waals surface area contributed by atoms with Gasteiger partial charge in [-0.3, -0.25) is 15.2 Å². The molecule has 4 aromatic rings. The van der Waals surface area contributed by atoms with Gasteiger partial charge in [-0.2, -0.15) is 5.10 Å². The Kier molecular flexibility index (Phi) is 7.39. The van der Waals surface area contributed by atoms with Crippen LogP contribution in [0, 0.1) is 6.92 Å². The van der Waals surface area contributed by atoms with Gasteiger partial charge < -0.3 is 15.0 Å². The summed E-state index contributed by atoms with van der Waals surface area (Å²) in [6, 6.07) is 13.6. The van der Waals surface area contributed by atoms with E-state index in [1.807, 2.05) is 23.9 Å². The molecule has 2 saturated heterocycles. The first-order chi connectivity index (χ1) is 20.6. The van der Waals surface area contributed by atoms with Crippen molar-refractivity contribution < 1.29 is 9.53 Å². The molecular formula is C31H36N8O2S. The number of fused-ring (bicyclic) bond motifs is 3. The highest BCUT2D eigenvalue weighted by molar-refractivity contribution is 7.19. The number of carbonyl (C=O) groups excluding carboxylic acids is 1. The Morgan fingerprint density at radius 1 is 1.02 bits per heavy atom. The number of methoxy groups -OCH3 is 1. The fraction of sp³-hybridized carbons (Fsp3) is 0.419. The van der Waals surface area contributed by atoms with Crippen LogP contribution < -0.4 is 15.5 Å². The summed E-state index contributed by atoms with van der Waals surface area (Å²) in [7, 11) is 1.36. The summed E-state index contributed by atoms with van der Waals surface area (Å²) >= 11 is 1.46. The number of thiazole rings is 1. The van der Waals surface area contributed by atoms with Gasteiger partial charge in [0.1, 0.15) is 0 Å². The molecule has 1 amide bonds. The maximum Gasteiger partial charge on any atom is 0.413 e. The summed E-state index contributed by atoms with van der Waals surface area (Å²) < 4.78 is 6.85. The van der Waals surface area contributed by atoms with E-state index < -0.39 is 6.09 Å². The third kappa shape index (κ3) is 5.16. The number of ether oxygens (including phenoxy) is 1. The van der Waals surface area contributed by atoms with E-state index in [1.54, 1.807) is 0 Å². The molecule has 5 heterocycles. The first-order valence-electron chi connectivity index (χ1n) is 14.8. The van der Waals surface area contributed by atoms with Crippen LogP contribution in [0.3, 0.4) is 0 Å². The van der Waals surface area contributed by atoms with Crippen LogP contribution in [-0.4, -0.2) is 83.2 Å². The molecule has 3 aliphatic rings. The molecule has 7 rings (SSSR count). The number of hydrogen-bond acceptors (Lipinski definition) is 9. The molecule has 0 spiro atoms. The molecule has 2 N–H and O–H groups in total. The van der Waals surface area contributed by atoms with Crippen molar-refractivity contribution in [1.82, 2.24) is 30.0 Å². The highest BCUT2D eigenvalue weighted by Gasteiger charge is 2.31. The number of aryl methyl sites for hydroxylation is 2. The second kappa shape index (κ2) is 11.5. The van der Waals surface area contributed by atoms with Crippen molar-refractivity contribution in [2.75, 3.05) is 56.6 Å². The number of pyridine rings is 1. The average Bonchev–Trinajstić information content (AvgIpc) is 3.63. The number of hydrogen-bond donors (Lipinski definition) is 2. The molecule has 42 heavy (non-hydrogen) atoms. The number of rotatable bonds is 5. The third-order valence-electron chi connectivity index (χ3n) is 8.68. The number of nitrogens with zero attached hydrogens (tertiary/aromatic N) is 6. The van der Waals surface area contributed by atoms with E-state index in [-0.39, 0.29) is 0 Å². The second-order valence-corrected chi connectivity index (χ2v) is 12.2. The predicted molar refractivity (Wildman–Crippen MR) is 166 cm³/mol. The minimum Gasteiger partial charge on any atom is -0.453 e. The molecular weight excluding hydrogens is 548 g/mol. The van der Waals surface area contributed by atoms with Gasteiger partial charge in [0, 0.05) is 74.0 Å². The predicted octanol–water partition coefficient (Wildman–Crippen LogP) is 4.52. The van der Waals surface area contributed by atoms with Crippen molar-refractivity contribution in [2.45, 2.75) is 38.6 Å². The highest BCUT2D eigenvalue weighted by Crippen LogP contribution is 2.44. The van der Waals surface area contributed by atoms with Crippen molar-refractivity contribution in [3.63, 3.8) is 0 Å². The molecule has 10 nitrogen and oxygen atoms in total. The van der Waals surface area contributed by atoms with E-state index in [4.69, 9.17) is 14.8 Å². The Morgan fingerprint density at radius 2 is 1.79 bits per heavy atom. The molecule has 11 heteroatoms. The van der Waals surface area contributed by atoms with Gasteiger partial charge in [0.25, 0.3) is 0 Å². The molecule has 1 aromatic carbocycles. The first-order valence-corrected chi connectivity index (χ1v) is 15.6. The fourth-order valence-electron chi connectivity index (χ4n) is 6.43. The Hall–Kier alpha value is -3.80. The van der Waals surface area contributed by atoms with Crippen molar-refractivity contribution in [3.8, 4) is 27.5 Å². The Morgan fingerprint density at radius 3 is 2.50 bits per heavy atom. The van der Waals surface area contributed by atoms with Gasteiger partial charge in [0.05, 0.1) is 34.8 Å². The van der Waals surface area contributed by atoms with Crippen LogP contribution >= 0.6 is 11.3 Å². The van der Waals surface area contributed by atoms with Crippen LogP contribution in [0.25, 0.3) is 27.5 Å². The van der Waals surface area contributed by atoms with Crippen LogP contribution in [0.5, 0.6) is 0 Å². The van der Waals surface area contributed by atoms with Crippen molar-refractivity contribution in [2.24, 2.45) is 0 Å². The first kappa shape index (κ1) is 27.1.